The summed E-state index contributed by atoms with van der Waals surface area (Å²) in [5, 5.41) is 3.33. The maximum absolute atomic E-state index is 13.2. The summed E-state index contributed by atoms with van der Waals surface area (Å²) in [4.78, 5) is 4.41. The molecule has 0 unspecified atom stereocenters. The number of hydrogen-bond donors (Lipinski definition) is 1. The van der Waals surface area contributed by atoms with Gasteiger partial charge >= 0.3 is 0 Å². The SMILES string of the molecule is CC(C)CNCc1cccc(Oc2cc(F)ccc2Br)n1. The third-order valence-electron chi connectivity index (χ3n) is 2.75. The lowest BCUT2D eigenvalue weighted by atomic mass is 10.2. The Morgan fingerprint density at radius 2 is 2.10 bits per heavy atom. The number of aromatic nitrogens is 1. The summed E-state index contributed by atoms with van der Waals surface area (Å²) < 4.78 is 19.6. The molecule has 1 heterocycles. The van der Waals surface area contributed by atoms with Crippen molar-refractivity contribution in [3.63, 3.8) is 0 Å². The molecule has 0 amide bonds. The Morgan fingerprint density at radius 3 is 2.86 bits per heavy atom. The van der Waals surface area contributed by atoms with E-state index in [1.165, 1.54) is 12.1 Å². The van der Waals surface area contributed by atoms with Crippen molar-refractivity contribution in [3.05, 3.63) is 52.4 Å². The lowest BCUT2D eigenvalue weighted by molar-refractivity contribution is 0.451. The molecule has 1 N–H and O–H groups in total. The number of nitrogens with zero attached hydrogens (tertiary/aromatic N) is 1. The molecule has 0 saturated carbocycles. The molecule has 0 radical (unpaired) electrons. The van der Waals surface area contributed by atoms with E-state index in [9.17, 15) is 4.39 Å². The van der Waals surface area contributed by atoms with Gasteiger partial charge < -0.3 is 10.1 Å². The minimum absolute atomic E-state index is 0.344. The van der Waals surface area contributed by atoms with Crippen LogP contribution in [0.15, 0.2) is 40.9 Å². The van der Waals surface area contributed by atoms with Crippen molar-refractivity contribution >= 4 is 15.9 Å². The number of rotatable bonds is 6. The molecule has 3 nitrogen and oxygen atoms in total. The number of nitrogens with one attached hydrogen (secondary N) is 1. The van der Waals surface area contributed by atoms with Gasteiger partial charge in [0, 0.05) is 18.7 Å². The van der Waals surface area contributed by atoms with Gasteiger partial charge in [-0.1, -0.05) is 19.9 Å². The smallest absolute Gasteiger partial charge is 0.219 e. The van der Waals surface area contributed by atoms with Gasteiger partial charge in [-0.3, -0.25) is 0 Å². The van der Waals surface area contributed by atoms with Crippen LogP contribution in [0.3, 0.4) is 0 Å². The normalized spacial score (nSPS) is 10.9. The van der Waals surface area contributed by atoms with Crippen LogP contribution in [0, 0.1) is 11.7 Å². The summed E-state index contributed by atoms with van der Waals surface area (Å²) in [7, 11) is 0. The zero-order valence-corrected chi connectivity index (χ0v) is 13.7. The molecule has 1 aromatic carbocycles. The first-order valence-electron chi connectivity index (χ1n) is 6.84. The first-order chi connectivity index (χ1) is 10.0. The van der Waals surface area contributed by atoms with Crippen molar-refractivity contribution in [1.82, 2.24) is 10.3 Å². The minimum Gasteiger partial charge on any atom is -0.438 e. The fourth-order valence-electron chi connectivity index (χ4n) is 1.77. The van der Waals surface area contributed by atoms with E-state index in [4.69, 9.17) is 4.74 Å². The molecule has 0 aliphatic carbocycles. The van der Waals surface area contributed by atoms with Gasteiger partial charge in [0.2, 0.25) is 5.88 Å². The number of halogens is 2. The first kappa shape index (κ1) is 15.9. The largest absolute Gasteiger partial charge is 0.438 e. The van der Waals surface area contributed by atoms with Gasteiger partial charge in [0.15, 0.2) is 0 Å². The third kappa shape index (κ3) is 5.10. The molecule has 0 spiro atoms. The zero-order chi connectivity index (χ0) is 15.2. The quantitative estimate of drug-likeness (QED) is 0.829. The lowest BCUT2D eigenvalue weighted by Crippen LogP contribution is -2.19. The zero-order valence-electron chi connectivity index (χ0n) is 12.1. The predicted octanol–water partition coefficient (Wildman–Crippen LogP) is 4.52. The molecule has 2 rings (SSSR count). The molecule has 0 aliphatic heterocycles. The highest BCUT2D eigenvalue weighted by Crippen LogP contribution is 2.29. The first-order valence-corrected chi connectivity index (χ1v) is 7.63. The molecule has 5 heteroatoms. The van der Waals surface area contributed by atoms with Crippen molar-refractivity contribution in [2.45, 2.75) is 20.4 Å². The Balaban J connectivity index is 2.05. The fourth-order valence-corrected chi connectivity index (χ4v) is 2.10. The van der Waals surface area contributed by atoms with E-state index < -0.39 is 0 Å². The van der Waals surface area contributed by atoms with Crippen LogP contribution in [0.25, 0.3) is 0 Å². The summed E-state index contributed by atoms with van der Waals surface area (Å²) in [6, 6.07) is 9.87. The fraction of sp³-hybridized carbons (Fsp3) is 0.312. The van der Waals surface area contributed by atoms with Gasteiger partial charge in [0.1, 0.15) is 11.6 Å². The average Bonchev–Trinajstić information content (AvgIpc) is 2.43. The predicted molar refractivity (Wildman–Crippen MR) is 85.0 cm³/mol. The molecular weight excluding hydrogens is 335 g/mol. The average molecular weight is 353 g/mol. The van der Waals surface area contributed by atoms with E-state index in [2.05, 4.69) is 40.1 Å². The molecule has 1 aromatic heterocycles. The van der Waals surface area contributed by atoms with Crippen LogP contribution in [0.1, 0.15) is 19.5 Å². The Bertz CT molecular complexity index is 605. The van der Waals surface area contributed by atoms with Crippen LogP contribution in [-0.2, 0) is 6.54 Å². The Morgan fingerprint density at radius 1 is 1.29 bits per heavy atom. The molecular formula is C16H18BrFN2O. The Hall–Kier alpha value is -1.46. The van der Waals surface area contributed by atoms with Crippen molar-refractivity contribution in [2.75, 3.05) is 6.54 Å². The van der Waals surface area contributed by atoms with Gasteiger partial charge in [-0.25, -0.2) is 9.37 Å². The maximum atomic E-state index is 13.2. The highest BCUT2D eigenvalue weighted by Gasteiger charge is 2.06. The molecule has 0 saturated heterocycles. The van der Waals surface area contributed by atoms with E-state index in [0.717, 1.165) is 12.2 Å². The van der Waals surface area contributed by atoms with Crippen LogP contribution in [0.4, 0.5) is 4.39 Å². The van der Waals surface area contributed by atoms with Gasteiger partial charge in [-0.05, 0) is 46.6 Å². The van der Waals surface area contributed by atoms with E-state index in [1.807, 2.05) is 12.1 Å². The van der Waals surface area contributed by atoms with E-state index >= 15 is 0 Å². The molecule has 0 atom stereocenters. The summed E-state index contributed by atoms with van der Waals surface area (Å²) >= 11 is 3.33. The lowest BCUT2D eigenvalue weighted by Gasteiger charge is -2.10. The topological polar surface area (TPSA) is 34.1 Å². The molecule has 2 aromatic rings. The molecule has 0 aliphatic rings. The number of pyridine rings is 1. The van der Waals surface area contributed by atoms with Gasteiger partial charge in [-0.15, -0.1) is 0 Å². The van der Waals surface area contributed by atoms with Gasteiger partial charge in [0.25, 0.3) is 0 Å². The van der Waals surface area contributed by atoms with Crippen molar-refractivity contribution in [3.8, 4) is 11.6 Å². The van der Waals surface area contributed by atoms with E-state index in [1.54, 1.807) is 12.1 Å². The number of ether oxygens (including phenoxy) is 1. The second kappa shape index (κ2) is 7.52. The molecule has 21 heavy (non-hydrogen) atoms. The third-order valence-corrected chi connectivity index (χ3v) is 3.40. The molecule has 0 fully saturated rings. The second-order valence-corrected chi connectivity index (χ2v) is 6.02. The van der Waals surface area contributed by atoms with Crippen molar-refractivity contribution in [1.29, 1.82) is 0 Å². The minimum atomic E-state index is -0.344. The summed E-state index contributed by atoms with van der Waals surface area (Å²) in [6.07, 6.45) is 0. The molecule has 112 valence electrons. The van der Waals surface area contributed by atoms with Gasteiger partial charge in [0.05, 0.1) is 10.2 Å². The summed E-state index contributed by atoms with van der Waals surface area (Å²) in [6.45, 7) is 5.92. The second-order valence-electron chi connectivity index (χ2n) is 5.17. The van der Waals surface area contributed by atoms with Crippen molar-refractivity contribution in [2.24, 2.45) is 5.92 Å². The van der Waals surface area contributed by atoms with E-state index in [-0.39, 0.29) is 5.82 Å². The van der Waals surface area contributed by atoms with E-state index in [0.29, 0.717) is 28.6 Å². The van der Waals surface area contributed by atoms with Crippen molar-refractivity contribution < 1.29 is 9.13 Å². The van der Waals surface area contributed by atoms with Crippen LogP contribution in [0.2, 0.25) is 0 Å². The van der Waals surface area contributed by atoms with Gasteiger partial charge in [-0.2, -0.15) is 0 Å². The van der Waals surface area contributed by atoms with Crippen LogP contribution in [-0.4, -0.2) is 11.5 Å². The standard InChI is InChI=1S/C16H18BrFN2O/c1-11(2)9-19-10-13-4-3-5-16(20-13)21-15-8-12(18)6-7-14(15)17/h3-8,11,19H,9-10H2,1-2H3. The maximum Gasteiger partial charge on any atom is 0.219 e. The Kier molecular flexibility index (Phi) is 5.70. The number of hydrogen-bond acceptors (Lipinski definition) is 3. The summed E-state index contributed by atoms with van der Waals surface area (Å²) in [5.74, 6) is 1.11. The highest BCUT2D eigenvalue weighted by atomic mass is 79.9. The van der Waals surface area contributed by atoms with Crippen LogP contribution >= 0.6 is 15.9 Å². The Labute approximate surface area is 132 Å². The monoisotopic (exact) mass is 352 g/mol. The highest BCUT2D eigenvalue weighted by molar-refractivity contribution is 9.10. The van der Waals surface area contributed by atoms with Crippen LogP contribution < -0.4 is 10.1 Å². The number of benzene rings is 1. The summed E-state index contributed by atoms with van der Waals surface area (Å²) in [5.41, 5.74) is 0.890. The van der Waals surface area contributed by atoms with Crippen LogP contribution in [0.5, 0.6) is 11.6 Å². The molecule has 0 bridgehead atoms.